The molecule has 1 aliphatic rings. The van der Waals surface area contributed by atoms with Crippen LogP contribution in [0.25, 0.3) is 54.2 Å². The highest BCUT2D eigenvalue weighted by molar-refractivity contribution is 6.26. The van der Waals surface area contributed by atoms with Gasteiger partial charge < -0.3 is 5.32 Å². The predicted molar refractivity (Wildman–Crippen MR) is 240 cm³/mol. The largest absolute Gasteiger partial charge is 0.324 e. The molecule has 288 valence electrons. The Balaban J connectivity index is 1.30. The Bertz CT molecular complexity index is 3300. The van der Waals surface area contributed by atoms with Crippen molar-refractivity contribution in [2.75, 3.05) is 5.32 Å². The van der Waals surface area contributed by atoms with E-state index in [4.69, 9.17) is 0 Å². The first kappa shape index (κ1) is 35.8. The third-order valence-corrected chi connectivity index (χ3v) is 12.8. The SMILES string of the molecule is Cc1cc2ccccc2cc1C(c1ccccc1)(c1ccccc1)c1cc2c(cc1Nc1nc(F)nc(F)n1)C(C)(C)c1cc3c4ccccc4c4ccccc4c3cc1-2. The molecule has 0 fully saturated rings. The van der Waals surface area contributed by atoms with Gasteiger partial charge in [0.05, 0.1) is 5.41 Å². The molecule has 4 nitrogen and oxygen atoms in total. The van der Waals surface area contributed by atoms with E-state index in [9.17, 15) is 8.78 Å². The summed E-state index contributed by atoms with van der Waals surface area (Å²) in [6.07, 6.45) is -2.40. The van der Waals surface area contributed by atoms with Crippen LogP contribution in [-0.2, 0) is 10.8 Å². The van der Waals surface area contributed by atoms with Gasteiger partial charge in [0.25, 0.3) is 0 Å². The molecule has 60 heavy (non-hydrogen) atoms. The van der Waals surface area contributed by atoms with Crippen molar-refractivity contribution in [2.24, 2.45) is 0 Å². The van der Waals surface area contributed by atoms with Crippen molar-refractivity contribution >= 4 is 54.7 Å². The molecule has 0 saturated heterocycles. The van der Waals surface area contributed by atoms with Gasteiger partial charge in [0, 0.05) is 11.1 Å². The van der Waals surface area contributed by atoms with E-state index >= 15 is 0 Å². The molecule has 1 N–H and O–H groups in total. The summed E-state index contributed by atoms with van der Waals surface area (Å²) in [5, 5.41) is 12.8. The van der Waals surface area contributed by atoms with Crippen LogP contribution in [0.15, 0.2) is 170 Å². The number of anilines is 2. The molecule has 0 atom stereocenters. The zero-order valence-electron chi connectivity index (χ0n) is 33.3. The number of fused-ring (bicyclic) bond motifs is 10. The van der Waals surface area contributed by atoms with E-state index in [-0.39, 0.29) is 5.95 Å². The third kappa shape index (κ3) is 5.30. The number of hydrogen-bond acceptors (Lipinski definition) is 4. The molecule has 0 saturated carbocycles. The summed E-state index contributed by atoms with van der Waals surface area (Å²) in [7, 11) is 0. The van der Waals surface area contributed by atoms with E-state index in [1.54, 1.807) is 0 Å². The molecule has 1 aliphatic carbocycles. The van der Waals surface area contributed by atoms with Crippen LogP contribution in [-0.4, -0.2) is 15.0 Å². The fourth-order valence-corrected chi connectivity index (χ4v) is 10.2. The summed E-state index contributed by atoms with van der Waals surface area (Å²) >= 11 is 0. The number of halogens is 2. The molecule has 0 bridgehead atoms. The maximum absolute atomic E-state index is 14.8. The zero-order valence-corrected chi connectivity index (χ0v) is 33.3. The second-order valence-corrected chi connectivity index (χ2v) is 16.4. The summed E-state index contributed by atoms with van der Waals surface area (Å²) in [6.45, 7) is 6.68. The highest BCUT2D eigenvalue weighted by atomic mass is 19.1. The molecule has 1 heterocycles. The van der Waals surface area contributed by atoms with E-state index in [1.165, 1.54) is 37.9 Å². The molecule has 10 aromatic rings. The summed E-state index contributed by atoms with van der Waals surface area (Å²) in [6, 6.07) is 60.5. The van der Waals surface area contributed by atoms with E-state index in [1.807, 2.05) is 12.1 Å². The second kappa shape index (κ2) is 13.4. The minimum Gasteiger partial charge on any atom is -0.324 e. The lowest BCUT2D eigenvalue weighted by Crippen LogP contribution is -2.33. The second-order valence-electron chi connectivity index (χ2n) is 16.4. The number of nitrogens with one attached hydrogen (secondary N) is 1. The van der Waals surface area contributed by atoms with Crippen molar-refractivity contribution in [1.29, 1.82) is 0 Å². The van der Waals surface area contributed by atoms with Crippen LogP contribution in [0.4, 0.5) is 20.4 Å². The number of benzene rings is 9. The first-order valence-corrected chi connectivity index (χ1v) is 20.2. The fraction of sp³-hybridized carbons (Fsp3) is 0.0926. The monoisotopic (exact) mass is 780 g/mol. The molecule has 11 rings (SSSR count). The van der Waals surface area contributed by atoms with Gasteiger partial charge in [0.15, 0.2) is 0 Å². The number of rotatable bonds is 6. The van der Waals surface area contributed by atoms with Crippen LogP contribution >= 0.6 is 0 Å². The first-order chi connectivity index (χ1) is 29.2. The van der Waals surface area contributed by atoms with Gasteiger partial charge in [-0.1, -0.05) is 153 Å². The van der Waals surface area contributed by atoms with Crippen LogP contribution in [0.3, 0.4) is 0 Å². The average Bonchev–Trinajstić information content (AvgIpc) is 3.48. The lowest BCUT2D eigenvalue weighted by molar-refractivity contribution is 0.458. The molecular formula is C54H38F2N4. The molecule has 0 amide bonds. The van der Waals surface area contributed by atoms with Crippen LogP contribution in [0, 0.1) is 19.1 Å². The lowest BCUT2D eigenvalue weighted by Gasteiger charge is -2.40. The van der Waals surface area contributed by atoms with Gasteiger partial charge in [0.2, 0.25) is 5.95 Å². The van der Waals surface area contributed by atoms with Crippen LogP contribution < -0.4 is 5.32 Å². The molecule has 0 spiro atoms. The Kier molecular flexibility index (Phi) is 7.98. The standard InChI is InChI=1S/C54H38F2N4/c1-32-26-33-16-10-11-17-34(33)27-45(32)54(35-18-6-4-7-19-35,36-20-8-5-9-21-36)48-30-44-43-28-41-39-24-14-12-22-37(39)38-23-13-15-25-40(38)42(41)29-46(43)53(2,3)47(44)31-49(48)57-52-59-50(55)58-51(56)60-52/h4-31H,1-3H3,(H,57,58,59,60). The van der Waals surface area contributed by atoms with E-state index in [0.29, 0.717) is 5.69 Å². The van der Waals surface area contributed by atoms with Gasteiger partial charge in [-0.05, 0) is 130 Å². The predicted octanol–water partition coefficient (Wildman–Crippen LogP) is 13.5. The number of aryl methyl sites for hydroxylation is 1. The quantitative estimate of drug-likeness (QED) is 0.135. The van der Waals surface area contributed by atoms with Gasteiger partial charge in [0.1, 0.15) is 0 Å². The summed E-state index contributed by atoms with van der Waals surface area (Å²) < 4.78 is 29.6. The average molecular weight is 781 g/mol. The Labute approximate surface area is 346 Å². The Morgan fingerprint density at radius 2 is 0.933 bits per heavy atom. The molecule has 0 radical (unpaired) electrons. The van der Waals surface area contributed by atoms with Crippen molar-refractivity contribution < 1.29 is 8.78 Å². The minimum absolute atomic E-state index is 0.219. The molecule has 0 aliphatic heterocycles. The van der Waals surface area contributed by atoms with Crippen molar-refractivity contribution in [1.82, 2.24) is 15.0 Å². The topological polar surface area (TPSA) is 50.7 Å². The Morgan fingerprint density at radius 1 is 0.467 bits per heavy atom. The van der Waals surface area contributed by atoms with E-state index in [2.05, 4.69) is 199 Å². The normalized spacial score (nSPS) is 13.2. The number of aromatic nitrogens is 3. The minimum atomic E-state index is -1.20. The van der Waals surface area contributed by atoms with E-state index < -0.39 is 23.0 Å². The van der Waals surface area contributed by atoms with Crippen molar-refractivity contribution in [3.8, 4) is 11.1 Å². The van der Waals surface area contributed by atoms with Gasteiger partial charge in [-0.3, -0.25) is 0 Å². The van der Waals surface area contributed by atoms with Gasteiger partial charge in [-0.2, -0.15) is 23.7 Å². The number of nitrogens with zero attached hydrogens (tertiary/aromatic N) is 3. The first-order valence-electron chi connectivity index (χ1n) is 20.2. The van der Waals surface area contributed by atoms with Crippen LogP contribution in [0.1, 0.15) is 52.8 Å². The maximum Gasteiger partial charge on any atom is 0.315 e. The molecule has 0 unspecified atom stereocenters. The van der Waals surface area contributed by atoms with Crippen molar-refractivity contribution in [2.45, 2.75) is 31.6 Å². The van der Waals surface area contributed by atoms with Gasteiger partial charge in [-0.15, -0.1) is 0 Å². The highest BCUT2D eigenvalue weighted by Crippen LogP contribution is 2.57. The Morgan fingerprint density at radius 3 is 1.52 bits per heavy atom. The van der Waals surface area contributed by atoms with Crippen molar-refractivity contribution in [3.63, 3.8) is 0 Å². The highest BCUT2D eigenvalue weighted by Gasteiger charge is 2.44. The molecular weight excluding hydrogens is 743 g/mol. The van der Waals surface area contributed by atoms with E-state index in [0.717, 1.165) is 55.3 Å². The molecule has 1 aromatic heterocycles. The number of hydrogen-bond donors (Lipinski definition) is 1. The third-order valence-electron chi connectivity index (χ3n) is 12.8. The zero-order chi connectivity index (χ0) is 40.8. The van der Waals surface area contributed by atoms with Crippen LogP contribution in [0.2, 0.25) is 0 Å². The summed E-state index contributed by atoms with van der Waals surface area (Å²) in [4.78, 5) is 11.1. The van der Waals surface area contributed by atoms with Gasteiger partial charge >= 0.3 is 12.2 Å². The molecule has 9 aromatic carbocycles. The lowest BCUT2D eigenvalue weighted by atomic mass is 9.62. The van der Waals surface area contributed by atoms with Crippen molar-refractivity contribution in [3.05, 3.63) is 221 Å². The smallest absolute Gasteiger partial charge is 0.315 e. The summed E-state index contributed by atoms with van der Waals surface area (Å²) in [5.41, 5.74) is 8.84. The fourth-order valence-electron chi connectivity index (χ4n) is 10.2. The Hall–Kier alpha value is -7.31. The maximum atomic E-state index is 14.8. The molecule has 6 heteroatoms. The summed E-state index contributed by atoms with van der Waals surface area (Å²) in [5.74, 6) is -0.219. The van der Waals surface area contributed by atoms with Gasteiger partial charge in [-0.25, -0.2) is 0 Å². The van der Waals surface area contributed by atoms with Crippen LogP contribution in [0.5, 0.6) is 0 Å².